The van der Waals surface area contributed by atoms with Crippen molar-refractivity contribution < 1.29 is 0 Å². The highest BCUT2D eigenvalue weighted by molar-refractivity contribution is 7.17. The molecule has 0 saturated heterocycles. The third kappa shape index (κ3) is 3.03. The van der Waals surface area contributed by atoms with Gasteiger partial charge in [-0.3, -0.25) is 0 Å². The Hall–Kier alpha value is -2.00. The molecule has 0 amide bonds. The van der Waals surface area contributed by atoms with Gasteiger partial charge in [0.25, 0.3) is 0 Å². The topological polar surface area (TPSA) is 25.8 Å². The number of nitrogens with zero attached hydrogens (tertiary/aromatic N) is 2. The van der Waals surface area contributed by atoms with Crippen LogP contribution in [-0.2, 0) is 5.41 Å². The molecule has 21 heavy (non-hydrogen) atoms. The minimum Gasteiger partial charge on any atom is -0.138 e. The van der Waals surface area contributed by atoms with Gasteiger partial charge in [0.1, 0.15) is 10.0 Å². The van der Waals surface area contributed by atoms with Gasteiger partial charge in [-0.2, -0.15) is 0 Å². The van der Waals surface area contributed by atoms with Crippen LogP contribution in [-0.4, -0.2) is 10.2 Å². The molecule has 3 rings (SSSR count). The Balaban J connectivity index is 1.97. The minimum atomic E-state index is 0.142. The molecule has 0 unspecified atom stereocenters. The lowest BCUT2D eigenvalue weighted by Crippen LogP contribution is -2.10. The van der Waals surface area contributed by atoms with Gasteiger partial charge in [0.2, 0.25) is 0 Å². The van der Waals surface area contributed by atoms with E-state index >= 15 is 0 Å². The predicted octanol–water partition coefficient (Wildman–Crippen LogP) is 5.17. The average molecular weight is 294 g/mol. The Morgan fingerprint density at radius 1 is 0.762 bits per heavy atom. The van der Waals surface area contributed by atoms with Gasteiger partial charge >= 0.3 is 0 Å². The molecule has 0 aliphatic heterocycles. The molecule has 0 N–H and O–H groups in total. The first-order valence-electron chi connectivity index (χ1n) is 7.04. The summed E-state index contributed by atoms with van der Waals surface area (Å²) in [6.45, 7) is 6.67. The van der Waals surface area contributed by atoms with Crippen molar-refractivity contribution in [3.05, 3.63) is 60.2 Å². The third-order valence-electron chi connectivity index (χ3n) is 3.42. The van der Waals surface area contributed by atoms with Crippen molar-refractivity contribution in [3.63, 3.8) is 0 Å². The molecule has 0 spiro atoms. The molecule has 1 aromatic heterocycles. The van der Waals surface area contributed by atoms with Crippen molar-refractivity contribution in [1.29, 1.82) is 0 Å². The summed E-state index contributed by atoms with van der Waals surface area (Å²) in [5.74, 6) is 0. The average Bonchev–Trinajstić information content (AvgIpc) is 2.97. The van der Waals surface area contributed by atoms with Crippen molar-refractivity contribution in [1.82, 2.24) is 10.2 Å². The lowest BCUT2D eigenvalue weighted by atomic mass is 9.86. The van der Waals surface area contributed by atoms with Crippen molar-refractivity contribution in [3.8, 4) is 21.1 Å². The Morgan fingerprint density at radius 2 is 1.38 bits per heavy atom. The molecule has 0 atom stereocenters. The lowest BCUT2D eigenvalue weighted by molar-refractivity contribution is 0.590. The number of benzene rings is 2. The largest absolute Gasteiger partial charge is 0.148 e. The van der Waals surface area contributed by atoms with Crippen LogP contribution < -0.4 is 0 Å². The Bertz CT molecular complexity index is 739. The highest BCUT2D eigenvalue weighted by Crippen LogP contribution is 2.32. The zero-order valence-electron chi connectivity index (χ0n) is 12.5. The van der Waals surface area contributed by atoms with Crippen molar-refractivity contribution in [2.24, 2.45) is 0 Å². The van der Waals surface area contributed by atoms with Crippen LogP contribution in [0, 0.1) is 0 Å². The standard InChI is InChI=1S/C18H18N2S/c1-18(2,3)15-11-7-10-14(12-15)17-20-19-16(21-17)13-8-5-4-6-9-13/h4-12H,1-3H3. The molecular weight excluding hydrogens is 276 g/mol. The van der Waals surface area contributed by atoms with Crippen LogP contribution in [0.5, 0.6) is 0 Å². The first-order valence-corrected chi connectivity index (χ1v) is 7.85. The van der Waals surface area contributed by atoms with Gasteiger partial charge < -0.3 is 0 Å². The zero-order valence-corrected chi connectivity index (χ0v) is 13.3. The smallest absolute Gasteiger partial charge is 0.138 e. The summed E-state index contributed by atoms with van der Waals surface area (Å²) in [4.78, 5) is 0. The summed E-state index contributed by atoms with van der Waals surface area (Å²) in [6, 6.07) is 18.8. The Labute approximate surface area is 129 Å². The van der Waals surface area contributed by atoms with Crippen LogP contribution in [0.25, 0.3) is 21.1 Å². The van der Waals surface area contributed by atoms with Crippen molar-refractivity contribution in [2.45, 2.75) is 26.2 Å². The summed E-state index contributed by atoms with van der Waals surface area (Å²) >= 11 is 1.64. The van der Waals surface area contributed by atoms with Crippen LogP contribution in [0.1, 0.15) is 26.3 Å². The molecular formula is C18H18N2S. The number of hydrogen-bond donors (Lipinski definition) is 0. The van der Waals surface area contributed by atoms with E-state index in [2.05, 4.69) is 67.4 Å². The van der Waals surface area contributed by atoms with E-state index in [9.17, 15) is 0 Å². The maximum atomic E-state index is 4.35. The fourth-order valence-corrected chi connectivity index (χ4v) is 3.00. The molecule has 2 aromatic carbocycles. The van der Waals surface area contributed by atoms with Gasteiger partial charge in [-0.25, -0.2) is 0 Å². The van der Waals surface area contributed by atoms with E-state index in [-0.39, 0.29) is 5.41 Å². The van der Waals surface area contributed by atoms with Crippen LogP contribution in [0.4, 0.5) is 0 Å². The van der Waals surface area contributed by atoms with Gasteiger partial charge in [-0.15, -0.1) is 10.2 Å². The Kier molecular flexibility index (Phi) is 3.60. The van der Waals surface area contributed by atoms with Crippen LogP contribution in [0.3, 0.4) is 0 Å². The van der Waals surface area contributed by atoms with E-state index in [1.165, 1.54) is 5.56 Å². The SMILES string of the molecule is CC(C)(C)c1cccc(-c2nnc(-c3ccccc3)s2)c1. The molecule has 106 valence electrons. The monoisotopic (exact) mass is 294 g/mol. The number of aromatic nitrogens is 2. The normalized spacial score (nSPS) is 11.6. The molecule has 2 nitrogen and oxygen atoms in total. The van der Waals surface area contributed by atoms with E-state index in [0.29, 0.717) is 0 Å². The molecule has 0 radical (unpaired) electrons. The van der Waals surface area contributed by atoms with Crippen LogP contribution in [0.15, 0.2) is 54.6 Å². The van der Waals surface area contributed by atoms with Crippen LogP contribution >= 0.6 is 11.3 Å². The van der Waals surface area contributed by atoms with Gasteiger partial charge in [0.05, 0.1) is 0 Å². The summed E-state index contributed by atoms with van der Waals surface area (Å²) in [5.41, 5.74) is 3.72. The molecule has 0 saturated carbocycles. The first-order chi connectivity index (χ1) is 10.0. The summed E-state index contributed by atoms with van der Waals surface area (Å²) in [5, 5.41) is 10.6. The highest BCUT2D eigenvalue weighted by Gasteiger charge is 2.15. The van der Waals surface area contributed by atoms with Gasteiger partial charge in [-0.1, -0.05) is 80.6 Å². The second kappa shape index (κ2) is 5.41. The Morgan fingerprint density at radius 3 is 2.05 bits per heavy atom. The zero-order chi connectivity index (χ0) is 14.9. The van der Waals surface area contributed by atoms with Crippen molar-refractivity contribution >= 4 is 11.3 Å². The third-order valence-corrected chi connectivity index (χ3v) is 4.44. The van der Waals surface area contributed by atoms with Gasteiger partial charge in [-0.05, 0) is 17.0 Å². The van der Waals surface area contributed by atoms with E-state index in [4.69, 9.17) is 0 Å². The van der Waals surface area contributed by atoms with E-state index in [0.717, 1.165) is 21.1 Å². The minimum absolute atomic E-state index is 0.142. The summed E-state index contributed by atoms with van der Waals surface area (Å²) < 4.78 is 0. The fourth-order valence-electron chi connectivity index (χ4n) is 2.16. The highest BCUT2D eigenvalue weighted by atomic mass is 32.1. The lowest BCUT2D eigenvalue weighted by Gasteiger charge is -2.19. The summed E-state index contributed by atoms with van der Waals surface area (Å²) in [7, 11) is 0. The second-order valence-corrected chi connectivity index (χ2v) is 7.09. The van der Waals surface area contributed by atoms with Gasteiger partial charge in [0, 0.05) is 11.1 Å². The fraction of sp³-hybridized carbons (Fsp3) is 0.222. The van der Waals surface area contributed by atoms with E-state index < -0.39 is 0 Å². The number of rotatable bonds is 2. The van der Waals surface area contributed by atoms with Crippen LogP contribution in [0.2, 0.25) is 0 Å². The quantitative estimate of drug-likeness (QED) is 0.651. The second-order valence-electron chi connectivity index (χ2n) is 6.11. The predicted molar refractivity (Wildman–Crippen MR) is 89.5 cm³/mol. The molecule has 0 aliphatic carbocycles. The van der Waals surface area contributed by atoms with Crippen molar-refractivity contribution in [2.75, 3.05) is 0 Å². The maximum absolute atomic E-state index is 4.35. The van der Waals surface area contributed by atoms with Gasteiger partial charge in [0.15, 0.2) is 0 Å². The summed E-state index contributed by atoms with van der Waals surface area (Å²) in [6.07, 6.45) is 0. The molecule has 0 aliphatic rings. The van der Waals surface area contributed by atoms with E-state index in [1.54, 1.807) is 11.3 Å². The molecule has 0 fully saturated rings. The van der Waals surface area contributed by atoms with E-state index in [1.807, 2.05) is 18.2 Å². The molecule has 3 heteroatoms. The molecule has 0 bridgehead atoms. The molecule has 3 aromatic rings. The maximum Gasteiger partial charge on any atom is 0.148 e. The molecule has 1 heterocycles. The number of hydrogen-bond acceptors (Lipinski definition) is 3. The first kappa shape index (κ1) is 14.0.